The number of hydrogen-bond donors (Lipinski definition) is 0. The van der Waals surface area contributed by atoms with E-state index in [4.69, 9.17) is 28.8 Å². The molecule has 224 valence electrons. The van der Waals surface area contributed by atoms with E-state index in [-0.39, 0.29) is 0 Å². The number of aromatic nitrogens is 4. The highest BCUT2D eigenvalue weighted by Gasteiger charge is 2.20. The number of rotatable bonds is 4. The number of nitrogens with zero attached hydrogens (tertiary/aromatic N) is 4. The molecule has 0 aliphatic carbocycles. The smallest absolute Gasteiger partial charge is 0.166 e. The topological polar surface area (TPSA) is 77.8 Å². The standard InChI is InChI=1S/C42H24N4O2/c1-2-10-25(11-3-1)26-20-22-27(23-21-26)40-44-41(31-15-9-19-35-38(31)29-13-5-6-17-33(29)47-35)46-42(45-40)32-16-8-14-30-37-28-12-4-7-18-34(28)48-36(37)24-43-39(30)32/h1-24H. The fourth-order valence-electron chi connectivity index (χ4n) is 6.77. The SMILES string of the molecule is c1ccc(-c2ccc(-c3nc(-c4cccc5c4ncc4oc6ccccc6c45)nc(-c4cccc5oc6ccccc6c45)n3)cc2)cc1. The van der Waals surface area contributed by atoms with E-state index in [1.165, 1.54) is 0 Å². The van der Waals surface area contributed by atoms with Gasteiger partial charge >= 0.3 is 0 Å². The maximum absolute atomic E-state index is 6.24. The van der Waals surface area contributed by atoms with E-state index in [9.17, 15) is 0 Å². The van der Waals surface area contributed by atoms with Crippen molar-refractivity contribution in [1.29, 1.82) is 0 Å². The summed E-state index contributed by atoms with van der Waals surface area (Å²) in [5.41, 5.74) is 8.83. The highest BCUT2D eigenvalue weighted by Crippen LogP contribution is 2.39. The van der Waals surface area contributed by atoms with Gasteiger partial charge in [-0.25, -0.2) is 15.0 Å². The number of hydrogen-bond acceptors (Lipinski definition) is 6. The third-order valence-corrected chi connectivity index (χ3v) is 9.01. The second-order valence-corrected chi connectivity index (χ2v) is 11.8. The first-order valence-corrected chi connectivity index (χ1v) is 15.8. The molecule has 0 bridgehead atoms. The van der Waals surface area contributed by atoms with Crippen LogP contribution in [0.1, 0.15) is 0 Å². The van der Waals surface area contributed by atoms with Crippen molar-refractivity contribution in [3.8, 4) is 45.3 Å². The van der Waals surface area contributed by atoms with E-state index < -0.39 is 0 Å². The maximum atomic E-state index is 6.24. The van der Waals surface area contributed by atoms with Crippen LogP contribution in [-0.4, -0.2) is 19.9 Å². The van der Waals surface area contributed by atoms with Gasteiger partial charge in [-0.15, -0.1) is 0 Å². The Kier molecular flexibility index (Phi) is 5.77. The lowest BCUT2D eigenvalue weighted by atomic mass is 10.0. The summed E-state index contributed by atoms with van der Waals surface area (Å²) < 4.78 is 12.4. The first kappa shape index (κ1) is 26.5. The van der Waals surface area contributed by atoms with Gasteiger partial charge < -0.3 is 8.83 Å². The molecule has 10 rings (SSSR count). The highest BCUT2D eigenvalue weighted by atomic mass is 16.3. The van der Waals surface area contributed by atoms with Gasteiger partial charge in [0.15, 0.2) is 23.1 Å². The average Bonchev–Trinajstić information content (AvgIpc) is 3.74. The summed E-state index contributed by atoms with van der Waals surface area (Å²) in [4.78, 5) is 20.3. The van der Waals surface area contributed by atoms with Gasteiger partial charge in [-0.1, -0.05) is 115 Å². The van der Waals surface area contributed by atoms with Crippen LogP contribution in [0, 0.1) is 0 Å². The van der Waals surface area contributed by atoms with Gasteiger partial charge in [-0.3, -0.25) is 4.98 Å². The molecule has 0 aliphatic heterocycles. The molecule has 0 atom stereocenters. The Morgan fingerprint density at radius 3 is 1.69 bits per heavy atom. The Labute approximate surface area is 274 Å². The fourth-order valence-corrected chi connectivity index (χ4v) is 6.77. The van der Waals surface area contributed by atoms with E-state index in [2.05, 4.69) is 54.6 Å². The van der Waals surface area contributed by atoms with E-state index in [1.54, 1.807) is 6.20 Å². The zero-order chi connectivity index (χ0) is 31.6. The summed E-state index contributed by atoms with van der Waals surface area (Å²) in [7, 11) is 0. The average molecular weight is 617 g/mol. The van der Waals surface area contributed by atoms with Crippen LogP contribution in [0.2, 0.25) is 0 Å². The van der Waals surface area contributed by atoms with Gasteiger partial charge in [0.05, 0.1) is 11.7 Å². The highest BCUT2D eigenvalue weighted by molar-refractivity contribution is 6.19. The molecule has 6 nitrogen and oxygen atoms in total. The third kappa shape index (κ3) is 4.13. The van der Waals surface area contributed by atoms with Gasteiger partial charge in [0.2, 0.25) is 0 Å². The van der Waals surface area contributed by atoms with Crippen LogP contribution in [0.25, 0.3) is 100 Å². The Bertz CT molecular complexity index is 2840. The summed E-state index contributed by atoms with van der Waals surface area (Å²) in [6.45, 7) is 0. The molecular weight excluding hydrogens is 592 g/mol. The van der Waals surface area contributed by atoms with Crippen molar-refractivity contribution in [2.75, 3.05) is 0 Å². The molecule has 0 N–H and O–H groups in total. The molecule has 4 aromatic heterocycles. The zero-order valence-electron chi connectivity index (χ0n) is 25.5. The lowest BCUT2D eigenvalue weighted by molar-refractivity contribution is 0.667. The third-order valence-electron chi connectivity index (χ3n) is 9.01. The molecule has 4 heterocycles. The molecule has 0 saturated carbocycles. The quantitative estimate of drug-likeness (QED) is 0.196. The molecular formula is C42H24N4O2. The van der Waals surface area contributed by atoms with Crippen molar-refractivity contribution >= 4 is 54.8 Å². The van der Waals surface area contributed by atoms with Crippen molar-refractivity contribution in [1.82, 2.24) is 19.9 Å². The van der Waals surface area contributed by atoms with Gasteiger partial charge in [0.1, 0.15) is 16.7 Å². The normalized spacial score (nSPS) is 11.8. The van der Waals surface area contributed by atoms with Crippen molar-refractivity contribution in [2.45, 2.75) is 0 Å². The summed E-state index contributed by atoms with van der Waals surface area (Å²) >= 11 is 0. The number of furan rings is 2. The van der Waals surface area contributed by atoms with Crippen LogP contribution < -0.4 is 0 Å². The molecule has 0 amide bonds. The van der Waals surface area contributed by atoms with Crippen LogP contribution in [0.4, 0.5) is 0 Å². The molecule has 10 aromatic rings. The van der Waals surface area contributed by atoms with Crippen molar-refractivity contribution in [2.24, 2.45) is 0 Å². The van der Waals surface area contributed by atoms with Crippen LogP contribution in [0.3, 0.4) is 0 Å². The van der Waals surface area contributed by atoms with Crippen LogP contribution in [0.15, 0.2) is 155 Å². The van der Waals surface area contributed by atoms with E-state index in [0.29, 0.717) is 17.5 Å². The Hall–Kier alpha value is -6.66. The Morgan fingerprint density at radius 2 is 0.896 bits per heavy atom. The Morgan fingerprint density at radius 1 is 0.354 bits per heavy atom. The lowest BCUT2D eigenvalue weighted by Gasteiger charge is -2.11. The van der Waals surface area contributed by atoms with Crippen molar-refractivity contribution in [3.05, 3.63) is 146 Å². The van der Waals surface area contributed by atoms with Gasteiger partial charge in [0.25, 0.3) is 0 Å². The predicted molar refractivity (Wildman–Crippen MR) is 191 cm³/mol. The fraction of sp³-hybridized carbons (Fsp3) is 0. The van der Waals surface area contributed by atoms with E-state index in [1.807, 2.05) is 84.9 Å². The first-order valence-electron chi connectivity index (χ1n) is 15.8. The van der Waals surface area contributed by atoms with Gasteiger partial charge in [0, 0.05) is 43.6 Å². The van der Waals surface area contributed by atoms with Crippen LogP contribution in [-0.2, 0) is 0 Å². The maximum Gasteiger partial charge on any atom is 0.166 e. The predicted octanol–water partition coefficient (Wildman–Crippen LogP) is 10.9. The summed E-state index contributed by atoms with van der Waals surface area (Å²) in [5, 5.41) is 5.04. The molecule has 0 unspecified atom stereocenters. The number of para-hydroxylation sites is 3. The molecule has 0 spiro atoms. The minimum atomic E-state index is 0.539. The molecule has 48 heavy (non-hydrogen) atoms. The molecule has 0 aliphatic rings. The number of benzene rings is 6. The minimum absolute atomic E-state index is 0.539. The second-order valence-electron chi connectivity index (χ2n) is 11.8. The number of pyridine rings is 1. The van der Waals surface area contributed by atoms with E-state index in [0.717, 1.165) is 82.6 Å². The first-order chi connectivity index (χ1) is 23.8. The van der Waals surface area contributed by atoms with E-state index >= 15 is 0 Å². The largest absolute Gasteiger partial charge is 0.456 e. The zero-order valence-corrected chi connectivity index (χ0v) is 25.5. The molecule has 6 aromatic carbocycles. The van der Waals surface area contributed by atoms with Crippen molar-refractivity contribution < 1.29 is 8.83 Å². The summed E-state index contributed by atoms with van der Waals surface area (Å²) in [5.74, 6) is 1.68. The van der Waals surface area contributed by atoms with Gasteiger partial charge in [-0.05, 0) is 35.4 Å². The molecule has 0 radical (unpaired) electrons. The van der Waals surface area contributed by atoms with Crippen LogP contribution in [0.5, 0.6) is 0 Å². The second kappa shape index (κ2) is 10.4. The van der Waals surface area contributed by atoms with Crippen LogP contribution >= 0.6 is 0 Å². The van der Waals surface area contributed by atoms with Gasteiger partial charge in [-0.2, -0.15) is 0 Å². The van der Waals surface area contributed by atoms with Crippen molar-refractivity contribution in [3.63, 3.8) is 0 Å². The summed E-state index contributed by atoms with van der Waals surface area (Å²) in [6, 6.07) is 47.0. The number of fused-ring (bicyclic) bond motifs is 8. The minimum Gasteiger partial charge on any atom is -0.456 e. The molecule has 0 saturated heterocycles. The lowest BCUT2D eigenvalue weighted by Crippen LogP contribution is -2.01. The summed E-state index contributed by atoms with van der Waals surface area (Å²) in [6.07, 6.45) is 1.80. The Balaban J connectivity index is 1.23. The molecule has 0 fully saturated rings. The monoisotopic (exact) mass is 616 g/mol. The molecule has 6 heteroatoms.